The first kappa shape index (κ1) is 14.1. The van der Waals surface area contributed by atoms with E-state index in [-0.39, 0.29) is 5.92 Å². The highest BCUT2D eigenvalue weighted by atomic mass is 79.9. The van der Waals surface area contributed by atoms with Gasteiger partial charge in [0.05, 0.1) is 0 Å². The van der Waals surface area contributed by atoms with Crippen LogP contribution in [0.25, 0.3) is 0 Å². The normalized spacial score (nSPS) is 13.3. The molecule has 1 N–H and O–H groups in total. The van der Waals surface area contributed by atoms with Crippen molar-refractivity contribution in [2.75, 3.05) is 18.5 Å². The largest absolute Gasteiger partial charge is 0.486 e. The van der Waals surface area contributed by atoms with Gasteiger partial charge in [-0.3, -0.25) is 0 Å². The molecular formula is C15H16BrN3O2. The number of nitrogens with zero attached hydrogens (tertiary/aromatic N) is 2. The lowest BCUT2D eigenvalue weighted by Crippen LogP contribution is -2.15. The molecule has 1 aliphatic heterocycles. The van der Waals surface area contributed by atoms with Crippen LogP contribution in [-0.2, 0) is 0 Å². The van der Waals surface area contributed by atoms with Crippen LogP contribution in [0.2, 0.25) is 0 Å². The van der Waals surface area contributed by atoms with Gasteiger partial charge in [0.2, 0.25) is 0 Å². The summed E-state index contributed by atoms with van der Waals surface area (Å²) in [7, 11) is 0. The van der Waals surface area contributed by atoms with Crippen LogP contribution in [0, 0.1) is 0 Å². The molecule has 2 heterocycles. The predicted octanol–water partition coefficient (Wildman–Crippen LogP) is 3.88. The smallest absolute Gasteiger partial charge is 0.163 e. The summed E-state index contributed by atoms with van der Waals surface area (Å²) in [5.41, 5.74) is 0.902. The van der Waals surface area contributed by atoms with Gasteiger partial charge in [0.15, 0.2) is 11.5 Å². The summed E-state index contributed by atoms with van der Waals surface area (Å²) in [6.07, 6.45) is 0. The first-order valence-corrected chi connectivity index (χ1v) is 7.62. The molecule has 0 unspecified atom stereocenters. The molecule has 5 nitrogen and oxygen atoms in total. The summed E-state index contributed by atoms with van der Waals surface area (Å²) in [6, 6.07) is 7.61. The molecule has 2 aromatic rings. The van der Waals surface area contributed by atoms with Crippen molar-refractivity contribution in [3.8, 4) is 11.5 Å². The quantitative estimate of drug-likeness (QED) is 0.852. The van der Waals surface area contributed by atoms with Crippen molar-refractivity contribution < 1.29 is 9.47 Å². The molecule has 1 aromatic carbocycles. The van der Waals surface area contributed by atoms with Gasteiger partial charge in [-0.2, -0.15) is 0 Å². The molecule has 0 bridgehead atoms. The van der Waals surface area contributed by atoms with Crippen LogP contribution in [0.5, 0.6) is 11.5 Å². The van der Waals surface area contributed by atoms with Crippen LogP contribution in [0.15, 0.2) is 28.9 Å². The maximum atomic E-state index is 5.58. The Bertz CT molecular complexity index is 661. The molecule has 0 amide bonds. The first-order chi connectivity index (χ1) is 10.1. The number of fused-ring (bicyclic) bond motifs is 1. The molecule has 6 heteroatoms. The van der Waals surface area contributed by atoms with Crippen molar-refractivity contribution in [3.05, 3.63) is 34.7 Å². The lowest BCUT2D eigenvalue weighted by atomic mass is 10.2. The summed E-state index contributed by atoms with van der Waals surface area (Å²) in [5.74, 6) is 3.34. The van der Waals surface area contributed by atoms with E-state index >= 15 is 0 Å². The Kier molecular flexibility index (Phi) is 3.96. The van der Waals surface area contributed by atoms with Crippen LogP contribution < -0.4 is 14.8 Å². The van der Waals surface area contributed by atoms with E-state index in [4.69, 9.17) is 9.47 Å². The zero-order chi connectivity index (χ0) is 14.8. The highest BCUT2D eigenvalue weighted by molar-refractivity contribution is 9.10. The average Bonchev–Trinajstić information content (AvgIpc) is 2.46. The minimum atomic E-state index is 0.267. The summed E-state index contributed by atoms with van der Waals surface area (Å²) >= 11 is 3.42. The van der Waals surface area contributed by atoms with Crippen LogP contribution in [0.1, 0.15) is 25.6 Å². The molecule has 0 fully saturated rings. The fraction of sp³-hybridized carbons (Fsp3) is 0.333. The standard InChI is InChI=1S/C15H16BrN3O2/c1-9(2)15-18-13(16)8-14(19-15)17-10-3-4-11-12(7-10)21-6-5-20-11/h3-4,7-9H,5-6H2,1-2H3,(H,17,18,19). The van der Waals surface area contributed by atoms with Crippen molar-refractivity contribution >= 4 is 27.4 Å². The molecule has 110 valence electrons. The van der Waals surface area contributed by atoms with Gasteiger partial charge in [-0.25, -0.2) is 9.97 Å². The number of nitrogens with one attached hydrogen (secondary N) is 1. The molecule has 21 heavy (non-hydrogen) atoms. The van der Waals surface area contributed by atoms with Crippen LogP contribution in [0.3, 0.4) is 0 Å². The topological polar surface area (TPSA) is 56.3 Å². The van der Waals surface area contributed by atoms with E-state index in [2.05, 4.69) is 45.1 Å². The number of halogens is 1. The molecule has 0 spiro atoms. The van der Waals surface area contributed by atoms with Gasteiger partial charge in [-0.05, 0) is 28.1 Å². The van der Waals surface area contributed by atoms with Crippen LogP contribution in [0.4, 0.5) is 11.5 Å². The number of benzene rings is 1. The molecule has 0 saturated heterocycles. The molecule has 0 saturated carbocycles. The maximum absolute atomic E-state index is 5.58. The number of aromatic nitrogens is 2. The third kappa shape index (κ3) is 3.26. The summed E-state index contributed by atoms with van der Waals surface area (Å²) in [5, 5.41) is 3.27. The third-order valence-corrected chi connectivity index (χ3v) is 3.45. The third-order valence-electron chi connectivity index (χ3n) is 3.04. The Morgan fingerprint density at radius 2 is 1.86 bits per heavy atom. The van der Waals surface area contributed by atoms with Gasteiger partial charge in [0.25, 0.3) is 0 Å². The summed E-state index contributed by atoms with van der Waals surface area (Å²) in [6.45, 7) is 5.30. The molecular weight excluding hydrogens is 334 g/mol. The lowest BCUT2D eigenvalue weighted by molar-refractivity contribution is 0.171. The van der Waals surface area contributed by atoms with Gasteiger partial charge < -0.3 is 14.8 Å². The Balaban J connectivity index is 1.86. The average molecular weight is 350 g/mol. The molecule has 0 aliphatic carbocycles. The fourth-order valence-electron chi connectivity index (χ4n) is 2.03. The highest BCUT2D eigenvalue weighted by Gasteiger charge is 2.12. The van der Waals surface area contributed by atoms with Crippen molar-refractivity contribution in [2.45, 2.75) is 19.8 Å². The molecule has 1 aliphatic rings. The second-order valence-corrected chi connectivity index (χ2v) is 5.88. The Morgan fingerprint density at radius 1 is 1.10 bits per heavy atom. The summed E-state index contributed by atoms with van der Waals surface area (Å²) in [4.78, 5) is 8.88. The minimum absolute atomic E-state index is 0.267. The van der Waals surface area contributed by atoms with Gasteiger partial charge >= 0.3 is 0 Å². The van der Waals surface area contributed by atoms with Crippen molar-refractivity contribution in [1.29, 1.82) is 0 Å². The van der Waals surface area contributed by atoms with Gasteiger partial charge in [-0.1, -0.05) is 13.8 Å². The Labute approximate surface area is 131 Å². The van der Waals surface area contributed by atoms with Gasteiger partial charge in [-0.15, -0.1) is 0 Å². The SMILES string of the molecule is CC(C)c1nc(Br)cc(Nc2ccc3c(c2)OCCO3)n1. The highest BCUT2D eigenvalue weighted by Crippen LogP contribution is 2.33. The monoisotopic (exact) mass is 349 g/mol. The Hall–Kier alpha value is -1.82. The second-order valence-electron chi connectivity index (χ2n) is 5.07. The molecule has 0 radical (unpaired) electrons. The first-order valence-electron chi connectivity index (χ1n) is 6.83. The molecule has 3 rings (SSSR count). The number of hydrogen-bond donors (Lipinski definition) is 1. The molecule has 1 aromatic heterocycles. The van der Waals surface area contributed by atoms with E-state index in [1.165, 1.54) is 0 Å². The van der Waals surface area contributed by atoms with Crippen molar-refractivity contribution in [1.82, 2.24) is 9.97 Å². The summed E-state index contributed by atoms with van der Waals surface area (Å²) < 4.78 is 11.9. The number of rotatable bonds is 3. The van der Waals surface area contributed by atoms with E-state index in [1.807, 2.05) is 24.3 Å². The van der Waals surface area contributed by atoms with Crippen molar-refractivity contribution in [3.63, 3.8) is 0 Å². The zero-order valence-electron chi connectivity index (χ0n) is 11.9. The second kappa shape index (κ2) is 5.89. The van der Waals surface area contributed by atoms with E-state index in [0.29, 0.717) is 13.2 Å². The zero-order valence-corrected chi connectivity index (χ0v) is 13.5. The van der Waals surface area contributed by atoms with Crippen molar-refractivity contribution in [2.24, 2.45) is 0 Å². The number of anilines is 2. The van der Waals surface area contributed by atoms with Gasteiger partial charge in [0.1, 0.15) is 29.5 Å². The number of ether oxygens (including phenoxy) is 2. The van der Waals surface area contributed by atoms with Gasteiger partial charge in [0, 0.05) is 23.7 Å². The maximum Gasteiger partial charge on any atom is 0.163 e. The van der Waals surface area contributed by atoms with E-state index in [1.54, 1.807) is 0 Å². The van der Waals surface area contributed by atoms with E-state index < -0.39 is 0 Å². The minimum Gasteiger partial charge on any atom is -0.486 e. The van der Waals surface area contributed by atoms with Crippen LogP contribution in [-0.4, -0.2) is 23.2 Å². The predicted molar refractivity (Wildman–Crippen MR) is 84.5 cm³/mol. The Morgan fingerprint density at radius 3 is 2.62 bits per heavy atom. The van der Waals surface area contributed by atoms with E-state index in [9.17, 15) is 0 Å². The lowest BCUT2D eigenvalue weighted by Gasteiger charge is -2.19. The van der Waals surface area contributed by atoms with E-state index in [0.717, 1.165) is 33.4 Å². The molecule has 0 atom stereocenters. The number of hydrogen-bond acceptors (Lipinski definition) is 5. The van der Waals surface area contributed by atoms with Crippen LogP contribution >= 0.6 is 15.9 Å². The fourth-order valence-corrected chi connectivity index (χ4v) is 2.42.